The van der Waals surface area contributed by atoms with E-state index in [1.807, 2.05) is 39.2 Å². The van der Waals surface area contributed by atoms with E-state index < -0.39 is 11.5 Å². The summed E-state index contributed by atoms with van der Waals surface area (Å²) in [5.74, 6) is -0.521. The van der Waals surface area contributed by atoms with E-state index in [4.69, 9.17) is 16.3 Å². The zero-order valence-corrected chi connectivity index (χ0v) is 33.5. The van der Waals surface area contributed by atoms with Crippen molar-refractivity contribution in [1.29, 1.82) is 0 Å². The molecule has 0 bridgehead atoms. The number of nitrogens with one attached hydrogen (secondary N) is 4. The summed E-state index contributed by atoms with van der Waals surface area (Å²) in [5.41, 5.74) is 13.0. The van der Waals surface area contributed by atoms with Gasteiger partial charge in [-0.1, -0.05) is 11.6 Å². The first kappa shape index (κ1) is 36.7. The van der Waals surface area contributed by atoms with E-state index in [9.17, 15) is 18.8 Å². The van der Waals surface area contributed by atoms with E-state index in [2.05, 4.69) is 53.6 Å². The molecule has 3 amide bonds. The number of rotatable bonds is 1. The number of hydrogen-bond acceptors (Lipinski definition) is 8. The Morgan fingerprint density at radius 2 is 1.53 bits per heavy atom. The van der Waals surface area contributed by atoms with Gasteiger partial charge in [0, 0.05) is 93.0 Å². The highest BCUT2D eigenvalue weighted by atomic mass is 35.5. The third-order valence-corrected chi connectivity index (χ3v) is 12.8. The second-order valence-electron chi connectivity index (χ2n) is 17.5. The number of hydrogen-bond donors (Lipinski definition) is 4. The summed E-state index contributed by atoms with van der Waals surface area (Å²) < 4.78 is 21.0. The van der Waals surface area contributed by atoms with Crippen molar-refractivity contribution >= 4 is 29.5 Å². The molecule has 4 N–H and O–H groups in total. The van der Waals surface area contributed by atoms with Crippen LogP contribution in [-0.2, 0) is 48.3 Å². The molecule has 6 aliphatic rings. The fourth-order valence-corrected chi connectivity index (χ4v) is 10.00. The summed E-state index contributed by atoms with van der Waals surface area (Å²) >= 11 is 6.14. The highest BCUT2D eigenvalue weighted by molar-refractivity contribution is 6.29. The van der Waals surface area contributed by atoms with E-state index in [-0.39, 0.29) is 28.7 Å². The molecule has 0 radical (unpaired) electrons. The van der Waals surface area contributed by atoms with Crippen molar-refractivity contribution in [1.82, 2.24) is 45.4 Å². The molecule has 5 aromatic heterocycles. The first-order valence-corrected chi connectivity index (χ1v) is 20.1. The van der Waals surface area contributed by atoms with Gasteiger partial charge in [0.1, 0.15) is 10.8 Å². The highest BCUT2D eigenvalue weighted by Gasteiger charge is 2.54. The van der Waals surface area contributed by atoms with Crippen molar-refractivity contribution in [2.75, 3.05) is 39.3 Å². The molecule has 2 fully saturated rings. The van der Waals surface area contributed by atoms with Gasteiger partial charge in [-0.3, -0.25) is 14.6 Å². The van der Waals surface area contributed by atoms with Crippen LogP contribution in [0, 0.1) is 5.95 Å². The lowest BCUT2D eigenvalue weighted by atomic mass is 9.72. The summed E-state index contributed by atoms with van der Waals surface area (Å²) in [5, 5.41) is 9.96. The number of halogens is 2. The number of carbonyl (C=O) groups excluding carboxylic acids is 3. The van der Waals surface area contributed by atoms with Crippen LogP contribution < -0.4 is 16.0 Å². The maximum atomic E-state index is 13.2. The molecule has 0 unspecified atom stereocenters. The molecule has 15 heteroatoms. The number of nitrogens with zero attached hydrogens (tertiary/aromatic N) is 5. The average molecular weight is 804 g/mol. The second-order valence-corrected chi connectivity index (χ2v) is 17.9. The van der Waals surface area contributed by atoms with Gasteiger partial charge in [-0.2, -0.15) is 4.39 Å². The third-order valence-electron chi connectivity index (χ3n) is 12.6. The quantitative estimate of drug-likeness (QED) is 0.172. The Balaban J connectivity index is 0.000000141. The summed E-state index contributed by atoms with van der Waals surface area (Å²) in [6.45, 7) is 9.54. The molecule has 13 nitrogen and oxygen atoms in total. The van der Waals surface area contributed by atoms with Gasteiger partial charge in [-0.05, 0) is 93.0 Å². The van der Waals surface area contributed by atoms with Crippen LogP contribution >= 0.6 is 11.6 Å². The standard InChI is InChI=1S/C22H20FN5O.C21H23ClN4O3/c1-28-19-14(18-20(28)22(9-24-10-22)11-27-21(18)29)4-2-12-7-25-16(6-15(12)19)13-3-5-17(23)26-8-13;1-20(2,3)29-19(28)26-9-21(10-26)8-24-18(27)15-12-5-4-11-7-23-14(22)6-13(11)16(12)25-17(15)21/h3,5-8,24H,2,4,9-11H2,1H3,(H,27,29);6-7,25H,4-5,8-10H2,1-3H3,(H,24,27). The average Bonchev–Trinajstić information content (AvgIpc) is 3.71. The van der Waals surface area contributed by atoms with Crippen molar-refractivity contribution in [2.45, 2.75) is 62.9 Å². The summed E-state index contributed by atoms with van der Waals surface area (Å²) in [7, 11) is 2.07. The summed E-state index contributed by atoms with van der Waals surface area (Å²) in [6, 6.07) is 6.95. The molecule has 2 saturated heterocycles. The van der Waals surface area contributed by atoms with Gasteiger partial charge >= 0.3 is 6.09 Å². The van der Waals surface area contributed by atoms with E-state index in [1.165, 1.54) is 17.8 Å². The molecular weight excluding hydrogens is 761 g/mol. The third kappa shape index (κ3) is 5.66. The minimum atomic E-state index is -0.533. The minimum Gasteiger partial charge on any atom is -0.444 e. The number of pyridine rings is 3. The fourth-order valence-electron chi connectivity index (χ4n) is 9.84. The maximum absolute atomic E-state index is 13.2. The lowest BCUT2D eigenvalue weighted by Gasteiger charge is -2.51. The monoisotopic (exact) mass is 803 g/mol. The molecule has 0 saturated carbocycles. The lowest BCUT2D eigenvalue weighted by Crippen LogP contribution is -2.67. The molecule has 4 aliphatic heterocycles. The van der Waals surface area contributed by atoms with E-state index in [0.717, 1.165) is 112 Å². The molecule has 0 atom stereocenters. The van der Waals surface area contributed by atoms with Gasteiger partial charge in [-0.25, -0.2) is 14.8 Å². The molecule has 9 heterocycles. The van der Waals surface area contributed by atoms with E-state index in [0.29, 0.717) is 31.3 Å². The van der Waals surface area contributed by atoms with Crippen LogP contribution in [0.4, 0.5) is 9.18 Å². The van der Waals surface area contributed by atoms with Crippen LogP contribution in [0.3, 0.4) is 0 Å². The van der Waals surface area contributed by atoms with Crippen LogP contribution in [0.15, 0.2) is 42.9 Å². The number of carbonyl (C=O) groups is 3. The van der Waals surface area contributed by atoms with Gasteiger partial charge in [0.25, 0.3) is 11.8 Å². The SMILES string of the molecule is CC(C)(C)OC(=O)N1CC2(CNC(=O)c3c2[nH]c2c3CCc3cnc(Cl)cc3-2)C1.Cn1c2c(c3c1C1(CNC1)CNC3=O)CCc1cnc(-c3ccc(F)nc3)cc1-2. The largest absolute Gasteiger partial charge is 0.444 e. The van der Waals surface area contributed by atoms with Crippen molar-refractivity contribution in [3.8, 4) is 33.8 Å². The zero-order valence-electron chi connectivity index (χ0n) is 32.7. The maximum Gasteiger partial charge on any atom is 0.410 e. The summed E-state index contributed by atoms with van der Waals surface area (Å²) in [6.07, 6.45) is 8.19. The normalized spacial score (nSPS) is 18.8. The van der Waals surface area contributed by atoms with Crippen LogP contribution in [-0.4, -0.2) is 92.2 Å². The van der Waals surface area contributed by atoms with Crippen molar-refractivity contribution < 1.29 is 23.5 Å². The van der Waals surface area contributed by atoms with E-state index >= 15 is 0 Å². The molecule has 298 valence electrons. The Kier molecular flexibility index (Phi) is 8.20. The molecule has 11 rings (SSSR count). The van der Waals surface area contributed by atoms with Crippen LogP contribution in [0.25, 0.3) is 33.8 Å². The number of ether oxygens (including phenoxy) is 1. The smallest absolute Gasteiger partial charge is 0.410 e. The van der Waals surface area contributed by atoms with Gasteiger partial charge in [0.2, 0.25) is 5.95 Å². The zero-order chi connectivity index (χ0) is 40.3. The molecule has 0 aromatic carbocycles. The Morgan fingerprint density at radius 3 is 2.22 bits per heavy atom. The number of H-pyrrole nitrogens is 1. The molecule has 5 aromatic rings. The predicted molar refractivity (Wildman–Crippen MR) is 214 cm³/mol. The van der Waals surface area contributed by atoms with E-state index in [1.54, 1.807) is 11.0 Å². The first-order valence-electron chi connectivity index (χ1n) is 19.7. The van der Waals surface area contributed by atoms with Crippen molar-refractivity contribution in [2.24, 2.45) is 7.05 Å². The summed E-state index contributed by atoms with van der Waals surface area (Å²) in [4.78, 5) is 55.8. The molecule has 2 aliphatic carbocycles. The number of aromatic nitrogens is 5. The minimum absolute atomic E-state index is 0.0216. The van der Waals surface area contributed by atoms with Gasteiger partial charge in [-0.15, -0.1) is 0 Å². The number of amides is 3. The Morgan fingerprint density at radius 1 is 0.845 bits per heavy atom. The van der Waals surface area contributed by atoms with Gasteiger partial charge in [0.15, 0.2) is 0 Å². The van der Waals surface area contributed by atoms with Crippen molar-refractivity contribution in [3.05, 3.63) is 98.7 Å². The van der Waals surface area contributed by atoms with Gasteiger partial charge in [0.05, 0.1) is 39.0 Å². The van der Waals surface area contributed by atoms with Crippen LogP contribution in [0.2, 0.25) is 5.15 Å². The lowest BCUT2D eigenvalue weighted by molar-refractivity contribution is -0.0113. The number of fused-ring (bicyclic) bond motifs is 12. The Hall–Kier alpha value is -5.60. The molecular formula is C43H43ClFN9O4. The van der Waals surface area contributed by atoms with Crippen molar-refractivity contribution in [3.63, 3.8) is 0 Å². The van der Waals surface area contributed by atoms with Crippen LogP contribution in [0.5, 0.6) is 0 Å². The highest BCUT2D eigenvalue weighted by Crippen LogP contribution is 2.47. The number of aromatic amines is 1. The Labute approximate surface area is 339 Å². The number of likely N-dealkylation sites (tertiary alicyclic amines) is 1. The second kappa shape index (κ2) is 13.0. The fraction of sp³-hybridized carbons (Fsp3) is 0.395. The molecule has 2 spiro atoms. The first-order chi connectivity index (χ1) is 27.7. The Bertz CT molecular complexity index is 2580. The molecule has 58 heavy (non-hydrogen) atoms. The van der Waals surface area contributed by atoms with Crippen LogP contribution in [0.1, 0.15) is 75.1 Å². The van der Waals surface area contributed by atoms with Gasteiger partial charge < -0.3 is 35.1 Å². The predicted octanol–water partition coefficient (Wildman–Crippen LogP) is 5.03. The topological polar surface area (TPSA) is 159 Å². The number of aryl methyl sites for hydroxylation is 2.